The Morgan fingerprint density at radius 1 is 1.47 bits per heavy atom. The van der Waals surface area contributed by atoms with Crippen LogP contribution in [-0.2, 0) is 4.79 Å². The van der Waals surface area contributed by atoms with E-state index in [9.17, 15) is 14.4 Å². The van der Waals surface area contributed by atoms with Gasteiger partial charge in [0.25, 0.3) is 5.91 Å². The van der Waals surface area contributed by atoms with E-state index in [0.717, 1.165) is 0 Å². The number of H-pyrrole nitrogens is 1. The molecule has 0 bridgehead atoms. The Morgan fingerprint density at radius 2 is 2.20 bits per heavy atom. The number of rotatable bonds is 3. The van der Waals surface area contributed by atoms with Gasteiger partial charge in [0, 0.05) is 25.5 Å². The summed E-state index contributed by atoms with van der Waals surface area (Å²) in [6.45, 7) is -0.149. The summed E-state index contributed by atoms with van der Waals surface area (Å²) < 4.78 is 0. The summed E-state index contributed by atoms with van der Waals surface area (Å²) in [4.78, 5) is 36.0. The van der Waals surface area contributed by atoms with E-state index in [1.807, 2.05) is 0 Å². The standard InChI is InChI=1S/C9H11N3O3/c1-10-8(14)5-12-9(15)6-4-11-3-2-7(6)13/h2-4H,5H2,1H3,(H,10,14)(H,11,13)(H,12,15). The second kappa shape index (κ2) is 4.94. The van der Waals surface area contributed by atoms with Gasteiger partial charge in [0.05, 0.1) is 6.54 Å². The average molecular weight is 209 g/mol. The van der Waals surface area contributed by atoms with Gasteiger partial charge in [-0.05, 0) is 0 Å². The fourth-order valence-electron chi connectivity index (χ4n) is 0.938. The lowest BCUT2D eigenvalue weighted by Gasteiger charge is -2.02. The van der Waals surface area contributed by atoms with Crippen molar-refractivity contribution in [1.29, 1.82) is 0 Å². The van der Waals surface area contributed by atoms with Gasteiger partial charge in [-0.1, -0.05) is 0 Å². The normalized spacial score (nSPS) is 9.40. The van der Waals surface area contributed by atoms with Crippen molar-refractivity contribution < 1.29 is 9.59 Å². The second-order valence-corrected chi connectivity index (χ2v) is 2.78. The summed E-state index contributed by atoms with van der Waals surface area (Å²) in [5, 5.41) is 4.67. The molecule has 80 valence electrons. The first kappa shape index (κ1) is 11.0. The van der Waals surface area contributed by atoms with Crippen LogP contribution in [0, 0.1) is 0 Å². The molecule has 0 unspecified atom stereocenters. The Balaban J connectivity index is 2.66. The molecule has 0 atom stereocenters. The third-order valence-corrected chi connectivity index (χ3v) is 1.76. The zero-order valence-corrected chi connectivity index (χ0v) is 8.16. The number of aromatic amines is 1. The van der Waals surface area contributed by atoms with Crippen LogP contribution in [0.5, 0.6) is 0 Å². The molecule has 0 saturated heterocycles. The smallest absolute Gasteiger partial charge is 0.257 e. The molecule has 2 amide bonds. The molecule has 6 heteroatoms. The SMILES string of the molecule is CNC(=O)CNC(=O)c1c[nH]ccc1=O. The molecule has 3 N–H and O–H groups in total. The largest absolute Gasteiger partial charge is 0.367 e. The second-order valence-electron chi connectivity index (χ2n) is 2.78. The highest BCUT2D eigenvalue weighted by atomic mass is 16.2. The van der Waals surface area contributed by atoms with Crippen molar-refractivity contribution >= 4 is 11.8 Å². The monoisotopic (exact) mass is 209 g/mol. The van der Waals surface area contributed by atoms with Gasteiger partial charge in [-0.15, -0.1) is 0 Å². The van der Waals surface area contributed by atoms with Crippen molar-refractivity contribution in [3.05, 3.63) is 34.2 Å². The highest BCUT2D eigenvalue weighted by molar-refractivity contribution is 5.95. The van der Waals surface area contributed by atoms with E-state index in [1.165, 1.54) is 25.5 Å². The summed E-state index contributed by atoms with van der Waals surface area (Å²) in [5.74, 6) is -0.892. The first-order valence-corrected chi connectivity index (χ1v) is 4.31. The molecule has 1 aromatic rings. The minimum absolute atomic E-state index is 0.0126. The van der Waals surface area contributed by atoms with Crippen molar-refractivity contribution in [2.75, 3.05) is 13.6 Å². The van der Waals surface area contributed by atoms with Crippen molar-refractivity contribution in [3.63, 3.8) is 0 Å². The fourth-order valence-corrected chi connectivity index (χ4v) is 0.938. The van der Waals surface area contributed by atoms with Crippen LogP contribution < -0.4 is 16.1 Å². The zero-order valence-electron chi connectivity index (χ0n) is 8.16. The summed E-state index contributed by atoms with van der Waals surface area (Å²) in [6.07, 6.45) is 2.72. The minimum Gasteiger partial charge on any atom is -0.367 e. The van der Waals surface area contributed by atoms with Crippen LogP contribution in [0.2, 0.25) is 0 Å². The Kier molecular flexibility index (Phi) is 3.61. The quantitative estimate of drug-likeness (QED) is 0.587. The Morgan fingerprint density at radius 3 is 2.80 bits per heavy atom. The lowest BCUT2D eigenvalue weighted by Crippen LogP contribution is -2.36. The molecule has 0 aliphatic heterocycles. The molecular formula is C9H11N3O3. The van der Waals surface area contributed by atoms with Crippen LogP contribution in [-0.4, -0.2) is 30.4 Å². The third kappa shape index (κ3) is 2.94. The Labute approximate surface area is 85.7 Å². The van der Waals surface area contributed by atoms with E-state index in [0.29, 0.717) is 0 Å². The van der Waals surface area contributed by atoms with Gasteiger partial charge < -0.3 is 15.6 Å². The van der Waals surface area contributed by atoms with Gasteiger partial charge in [0.15, 0.2) is 5.43 Å². The average Bonchev–Trinajstić information content (AvgIpc) is 2.26. The maximum absolute atomic E-state index is 11.4. The number of amides is 2. The number of hydrogen-bond acceptors (Lipinski definition) is 3. The first-order valence-electron chi connectivity index (χ1n) is 4.31. The molecule has 0 fully saturated rings. The number of nitrogens with one attached hydrogen (secondary N) is 3. The molecule has 1 rings (SSSR count). The third-order valence-electron chi connectivity index (χ3n) is 1.76. The molecule has 6 nitrogen and oxygen atoms in total. The van der Waals surface area contributed by atoms with Crippen molar-refractivity contribution in [3.8, 4) is 0 Å². The predicted molar refractivity (Wildman–Crippen MR) is 53.5 cm³/mol. The molecular weight excluding hydrogens is 198 g/mol. The number of pyridine rings is 1. The Hall–Kier alpha value is -2.11. The summed E-state index contributed by atoms with van der Waals surface area (Å²) >= 11 is 0. The number of carbonyl (C=O) groups excluding carboxylic acids is 2. The van der Waals surface area contributed by atoms with E-state index in [1.54, 1.807) is 0 Å². The van der Waals surface area contributed by atoms with Crippen LogP contribution in [0.15, 0.2) is 23.3 Å². The van der Waals surface area contributed by atoms with Crippen molar-refractivity contribution in [2.24, 2.45) is 0 Å². The van der Waals surface area contributed by atoms with Crippen LogP contribution in [0.3, 0.4) is 0 Å². The van der Waals surface area contributed by atoms with Gasteiger partial charge in [-0.25, -0.2) is 0 Å². The molecule has 1 aromatic heterocycles. The lowest BCUT2D eigenvalue weighted by atomic mass is 10.2. The zero-order chi connectivity index (χ0) is 11.3. The van der Waals surface area contributed by atoms with E-state index in [-0.39, 0.29) is 23.4 Å². The highest BCUT2D eigenvalue weighted by Gasteiger charge is 2.09. The van der Waals surface area contributed by atoms with Crippen molar-refractivity contribution in [2.45, 2.75) is 0 Å². The Bertz CT molecular complexity index is 425. The van der Waals surface area contributed by atoms with E-state index >= 15 is 0 Å². The van der Waals surface area contributed by atoms with Crippen LogP contribution in [0.4, 0.5) is 0 Å². The fraction of sp³-hybridized carbons (Fsp3) is 0.222. The number of aromatic nitrogens is 1. The van der Waals surface area contributed by atoms with Gasteiger partial charge in [-0.3, -0.25) is 14.4 Å². The van der Waals surface area contributed by atoms with Crippen LogP contribution in [0.25, 0.3) is 0 Å². The summed E-state index contributed by atoms with van der Waals surface area (Å²) in [5.41, 5.74) is -0.399. The summed E-state index contributed by atoms with van der Waals surface area (Å²) in [7, 11) is 1.46. The van der Waals surface area contributed by atoms with E-state index in [4.69, 9.17) is 0 Å². The van der Waals surface area contributed by atoms with Crippen molar-refractivity contribution in [1.82, 2.24) is 15.6 Å². The van der Waals surface area contributed by atoms with Gasteiger partial charge in [0.1, 0.15) is 5.56 Å². The molecule has 0 saturated carbocycles. The van der Waals surface area contributed by atoms with Gasteiger partial charge in [-0.2, -0.15) is 0 Å². The topological polar surface area (TPSA) is 91.1 Å². The molecule has 0 aliphatic carbocycles. The molecule has 1 heterocycles. The molecule has 0 radical (unpaired) electrons. The summed E-state index contributed by atoms with van der Waals surface area (Å²) in [6, 6.07) is 1.24. The highest BCUT2D eigenvalue weighted by Crippen LogP contribution is 1.86. The minimum atomic E-state index is -0.569. The van der Waals surface area contributed by atoms with Gasteiger partial charge >= 0.3 is 0 Å². The molecule has 0 aromatic carbocycles. The first-order chi connectivity index (χ1) is 7.15. The number of carbonyl (C=O) groups is 2. The number of likely N-dealkylation sites (N-methyl/N-ethyl adjacent to an activating group) is 1. The van der Waals surface area contributed by atoms with E-state index < -0.39 is 5.91 Å². The maximum atomic E-state index is 11.4. The molecule has 15 heavy (non-hydrogen) atoms. The molecule has 0 aliphatic rings. The molecule has 0 spiro atoms. The number of hydrogen-bond donors (Lipinski definition) is 3. The maximum Gasteiger partial charge on any atom is 0.257 e. The van der Waals surface area contributed by atoms with Gasteiger partial charge in [0.2, 0.25) is 5.91 Å². The van der Waals surface area contributed by atoms with Crippen LogP contribution in [0.1, 0.15) is 10.4 Å². The van der Waals surface area contributed by atoms with E-state index in [2.05, 4.69) is 15.6 Å². The lowest BCUT2D eigenvalue weighted by molar-refractivity contribution is -0.119. The predicted octanol–water partition coefficient (Wildman–Crippen LogP) is -1.15. The van der Waals surface area contributed by atoms with Crippen LogP contribution >= 0.6 is 0 Å².